The first-order valence-electron chi connectivity index (χ1n) is 12.9. The smallest absolute Gasteiger partial charge is 0.274 e. The van der Waals surface area contributed by atoms with Gasteiger partial charge in [0.25, 0.3) is 5.91 Å². The minimum Gasteiger partial charge on any atom is -0.372 e. The lowest BCUT2D eigenvalue weighted by atomic mass is 10.1. The molecule has 1 aliphatic carbocycles. The predicted molar refractivity (Wildman–Crippen MR) is 135 cm³/mol. The van der Waals surface area contributed by atoms with Crippen LogP contribution < -0.4 is 4.90 Å². The van der Waals surface area contributed by atoms with Gasteiger partial charge in [-0.05, 0) is 58.6 Å². The number of hydrogen-bond donors (Lipinski definition) is 0. The molecule has 2 aliphatic heterocycles. The fourth-order valence-corrected chi connectivity index (χ4v) is 5.89. The predicted octanol–water partition coefficient (Wildman–Crippen LogP) is 2.59. The molecule has 2 atom stereocenters. The Balaban J connectivity index is 1.25. The van der Waals surface area contributed by atoms with Crippen molar-refractivity contribution in [2.45, 2.75) is 65.7 Å². The molecule has 5 rings (SSSR count). The summed E-state index contributed by atoms with van der Waals surface area (Å²) in [5.74, 6) is 0.0496. The van der Waals surface area contributed by atoms with E-state index in [0.717, 1.165) is 43.6 Å². The fourth-order valence-electron chi connectivity index (χ4n) is 5.89. The Labute approximate surface area is 207 Å². The fraction of sp³-hybridized carbons (Fsp3) is 0.593. The second-order valence-electron chi connectivity index (χ2n) is 10.4. The Bertz CT molecular complexity index is 1110. The molecule has 3 heterocycles. The van der Waals surface area contributed by atoms with E-state index in [9.17, 15) is 9.59 Å². The van der Waals surface area contributed by atoms with Gasteiger partial charge in [0.2, 0.25) is 5.91 Å². The van der Waals surface area contributed by atoms with E-state index in [4.69, 9.17) is 9.84 Å². The Morgan fingerprint density at radius 2 is 1.71 bits per heavy atom. The highest BCUT2D eigenvalue weighted by atomic mass is 16.5. The SMILES string of the molecule is Cc1ccc(N2CCN(C(=O)Cn3nc(C(=O)N4C[C@@H](C)O[C@@H](C)C4)c4c3CCC4)CC2)c(C)c1. The van der Waals surface area contributed by atoms with Crippen molar-refractivity contribution in [1.29, 1.82) is 0 Å². The van der Waals surface area contributed by atoms with E-state index >= 15 is 0 Å². The standard InChI is InChI=1S/C27H37N5O3/c1-18-8-9-23(19(2)14-18)29-10-12-30(13-11-29)25(33)17-32-24-7-5-6-22(24)26(28-32)27(34)31-15-20(3)35-21(4)16-31/h8-9,14,20-21H,5-7,10-13,15-17H2,1-4H3/t20-,21+. The Kier molecular flexibility index (Phi) is 6.57. The van der Waals surface area contributed by atoms with Crippen LogP contribution in [0.4, 0.5) is 5.69 Å². The average Bonchev–Trinajstić information content (AvgIpc) is 3.42. The first-order valence-corrected chi connectivity index (χ1v) is 12.9. The van der Waals surface area contributed by atoms with E-state index < -0.39 is 0 Å². The number of rotatable bonds is 4. The minimum atomic E-state index is -0.0292. The number of carbonyl (C=O) groups excluding carboxylic acids is 2. The molecule has 0 unspecified atom stereocenters. The number of benzene rings is 1. The molecule has 0 spiro atoms. The van der Waals surface area contributed by atoms with Crippen molar-refractivity contribution in [3.05, 3.63) is 46.3 Å². The number of hydrogen-bond acceptors (Lipinski definition) is 5. The van der Waals surface area contributed by atoms with Gasteiger partial charge in [0.05, 0.1) is 12.2 Å². The molecule has 0 radical (unpaired) electrons. The third kappa shape index (κ3) is 4.81. The van der Waals surface area contributed by atoms with E-state index in [1.807, 2.05) is 28.3 Å². The molecule has 8 nitrogen and oxygen atoms in total. The van der Waals surface area contributed by atoms with Crippen molar-refractivity contribution < 1.29 is 14.3 Å². The quantitative estimate of drug-likeness (QED) is 0.674. The molecule has 2 aromatic rings. The second kappa shape index (κ2) is 9.64. The van der Waals surface area contributed by atoms with Gasteiger partial charge in [0.15, 0.2) is 5.69 Å². The normalized spacial score (nSPS) is 22.5. The number of ether oxygens (including phenoxy) is 1. The van der Waals surface area contributed by atoms with E-state index in [0.29, 0.717) is 31.9 Å². The van der Waals surface area contributed by atoms with E-state index in [1.165, 1.54) is 16.8 Å². The summed E-state index contributed by atoms with van der Waals surface area (Å²) in [6.45, 7) is 12.7. The first-order chi connectivity index (χ1) is 16.8. The van der Waals surface area contributed by atoms with Gasteiger partial charge in [0, 0.05) is 56.2 Å². The lowest BCUT2D eigenvalue weighted by Gasteiger charge is -2.37. The van der Waals surface area contributed by atoms with Crippen LogP contribution in [0.2, 0.25) is 0 Å². The molecule has 1 aromatic carbocycles. The van der Waals surface area contributed by atoms with Crippen molar-refractivity contribution in [3.8, 4) is 0 Å². The number of morpholine rings is 1. The third-order valence-electron chi connectivity index (χ3n) is 7.53. The van der Waals surface area contributed by atoms with E-state index in [1.54, 1.807) is 0 Å². The average molecular weight is 480 g/mol. The van der Waals surface area contributed by atoms with Crippen molar-refractivity contribution in [2.24, 2.45) is 0 Å². The topological polar surface area (TPSA) is 70.9 Å². The van der Waals surface area contributed by atoms with E-state index in [-0.39, 0.29) is 30.6 Å². The molecule has 2 amide bonds. The molecule has 0 N–H and O–H groups in total. The van der Waals surface area contributed by atoms with Gasteiger partial charge in [-0.25, -0.2) is 0 Å². The number of aromatic nitrogens is 2. The van der Waals surface area contributed by atoms with Crippen molar-refractivity contribution in [2.75, 3.05) is 44.2 Å². The first kappa shape index (κ1) is 23.9. The maximum Gasteiger partial charge on any atom is 0.274 e. The number of carbonyl (C=O) groups is 2. The highest BCUT2D eigenvalue weighted by Crippen LogP contribution is 2.28. The van der Waals surface area contributed by atoms with Crippen LogP contribution >= 0.6 is 0 Å². The molecule has 2 saturated heterocycles. The molecule has 188 valence electrons. The monoisotopic (exact) mass is 479 g/mol. The molecule has 1 aromatic heterocycles. The van der Waals surface area contributed by atoms with Gasteiger partial charge in [-0.15, -0.1) is 0 Å². The molecular weight excluding hydrogens is 442 g/mol. The minimum absolute atomic E-state index is 0.0155. The number of anilines is 1. The summed E-state index contributed by atoms with van der Waals surface area (Å²) in [5.41, 5.74) is 6.42. The molecule has 3 aliphatic rings. The summed E-state index contributed by atoms with van der Waals surface area (Å²) in [5, 5.41) is 4.70. The summed E-state index contributed by atoms with van der Waals surface area (Å²) < 4.78 is 7.60. The largest absolute Gasteiger partial charge is 0.372 e. The van der Waals surface area contributed by atoms with Crippen LogP contribution in [0.5, 0.6) is 0 Å². The number of aryl methyl sites for hydroxylation is 2. The van der Waals surface area contributed by atoms with Gasteiger partial charge in [-0.1, -0.05) is 17.7 Å². The lowest BCUT2D eigenvalue weighted by molar-refractivity contribution is -0.132. The van der Waals surface area contributed by atoms with Crippen LogP contribution in [-0.4, -0.2) is 82.9 Å². The zero-order valence-corrected chi connectivity index (χ0v) is 21.4. The molecule has 8 heteroatoms. The summed E-state index contributed by atoms with van der Waals surface area (Å²) >= 11 is 0. The third-order valence-corrected chi connectivity index (χ3v) is 7.53. The molecule has 0 bridgehead atoms. The molecule has 35 heavy (non-hydrogen) atoms. The highest BCUT2D eigenvalue weighted by Gasteiger charge is 2.33. The van der Waals surface area contributed by atoms with Crippen LogP contribution in [0, 0.1) is 13.8 Å². The number of piperazine rings is 1. The van der Waals surface area contributed by atoms with Crippen LogP contribution in [0.25, 0.3) is 0 Å². The molecule has 2 fully saturated rings. The van der Waals surface area contributed by atoms with Gasteiger partial charge < -0.3 is 19.4 Å². The molecular formula is C27H37N5O3. The summed E-state index contributed by atoms with van der Waals surface area (Å²) in [6, 6.07) is 6.54. The highest BCUT2D eigenvalue weighted by molar-refractivity contribution is 5.94. The summed E-state index contributed by atoms with van der Waals surface area (Å²) in [6.07, 6.45) is 2.77. The zero-order chi connectivity index (χ0) is 24.7. The maximum absolute atomic E-state index is 13.4. The Morgan fingerprint density at radius 3 is 2.40 bits per heavy atom. The lowest BCUT2D eigenvalue weighted by Crippen LogP contribution is -2.50. The van der Waals surface area contributed by atoms with Crippen molar-refractivity contribution >= 4 is 17.5 Å². The van der Waals surface area contributed by atoms with Crippen molar-refractivity contribution in [3.63, 3.8) is 0 Å². The summed E-state index contributed by atoms with van der Waals surface area (Å²) in [7, 11) is 0. The van der Waals surface area contributed by atoms with Crippen LogP contribution in [0.1, 0.15) is 53.1 Å². The van der Waals surface area contributed by atoms with Gasteiger partial charge in [0.1, 0.15) is 6.54 Å². The number of nitrogens with zero attached hydrogens (tertiary/aromatic N) is 5. The second-order valence-corrected chi connectivity index (χ2v) is 10.4. The Morgan fingerprint density at radius 1 is 1.00 bits per heavy atom. The van der Waals surface area contributed by atoms with Gasteiger partial charge in [-0.2, -0.15) is 5.10 Å². The van der Waals surface area contributed by atoms with Gasteiger partial charge >= 0.3 is 0 Å². The molecule has 0 saturated carbocycles. The van der Waals surface area contributed by atoms with Gasteiger partial charge in [-0.3, -0.25) is 14.3 Å². The van der Waals surface area contributed by atoms with E-state index in [2.05, 4.69) is 36.9 Å². The Hall–Kier alpha value is -2.87. The van der Waals surface area contributed by atoms with Crippen molar-refractivity contribution in [1.82, 2.24) is 19.6 Å². The van der Waals surface area contributed by atoms with Crippen LogP contribution in [-0.2, 0) is 28.9 Å². The number of amides is 2. The summed E-state index contributed by atoms with van der Waals surface area (Å²) in [4.78, 5) is 32.8. The zero-order valence-electron chi connectivity index (χ0n) is 21.4. The van der Waals surface area contributed by atoms with Crippen LogP contribution in [0.3, 0.4) is 0 Å². The maximum atomic E-state index is 13.4. The van der Waals surface area contributed by atoms with Crippen LogP contribution in [0.15, 0.2) is 18.2 Å². The number of fused-ring (bicyclic) bond motifs is 1.